The fraction of sp³-hybridized carbons (Fsp3) is 0.526. The third-order valence-electron chi connectivity index (χ3n) is 4.51. The second-order valence-corrected chi connectivity index (χ2v) is 7.14. The lowest BCUT2D eigenvalue weighted by atomic mass is 9.93. The summed E-state index contributed by atoms with van der Waals surface area (Å²) in [5, 5.41) is 7.36. The molecule has 0 radical (unpaired) electrons. The van der Waals surface area contributed by atoms with Crippen molar-refractivity contribution in [2.45, 2.75) is 39.2 Å². The van der Waals surface area contributed by atoms with Gasteiger partial charge in [-0.2, -0.15) is 4.98 Å². The highest BCUT2D eigenvalue weighted by Gasteiger charge is 2.24. The van der Waals surface area contributed by atoms with E-state index in [0.29, 0.717) is 30.1 Å². The molecule has 1 atom stereocenters. The Morgan fingerprint density at radius 2 is 2.15 bits per heavy atom. The van der Waals surface area contributed by atoms with Crippen LogP contribution in [0.25, 0.3) is 0 Å². The average Bonchev–Trinajstić information content (AvgIpc) is 3.26. The maximum Gasteiger partial charge on any atom is 0.254 e. The molecule has 2 heterocycles. The fourth-order valence-corrected chi connectivity index (χ4v) is 3.25. The van der Waals surface area contributed by atoms with Gasteiger partial charge in [-0.15, -0.1) is 12.4 Å². The van der Waals surface area contributed by atoms with Gasteiger partial charge in [0.15, 0.2) is 5.82 Å². The van der Waals surface area contributed by atoms with Crippen LogP contribution in [0.5, 0.6) is 0 Å². The van der Waals surface area contributed by atoms with Crippen LogP contribution in [0.15, 0.2) is 28.8 Å². The summed E-state index contributed by atoms with van der Waals surface area (Å²) in [5.74, 6) is 2.03. The lowest BCUT2D eigenvalue weighted by Gasteiger charge is -2.19. The molecule has 0 saturated carbocycles. The van der Waals surface area contributed by atoms with E-state index in [1.54, 1.807) is 11.9 Å². The van der Waals surface area contributed by atoms with E-state index in [4.69, 9.17) is 4.52 Å². The minimum Gasteiger partial charge on any atom is -0.337 e. The summed E-state index contributed by atoms with van der Waals surface area (Å²) >= 11 is 0. The van der Waals surface area contributed by atoms with E-state index in [-0.39, 0.29) is 18.3 Å². The second-order valence-electron chi connectivity index (χ2n) is 7.14. The van der Waals surface area contributed by atoms with E-state index in [0.717, 1.165) is 37.1 Å². The number of nitrogens with zero attached hydrogens (tertiary/aromatic N) is 3. The number of carbonyl (C=O) groups excluding carboxylic acids is 1. The van der Waals surface area contributed by atoms with Crippen molar-refractivity contribution in [1.82, 2.24) is 20.4 Å². The zero-order valence-corrected chi connectivity index (χ0v) is 16.4. The Labute approximate surface area is 160 Å². The minimum atomic E-state index is -0.00823. The van der Waals surface area contributed by atoms with E-state index in [1.165, 1.54) is 0 Å². The molecule has 1 fully saturated rings. The van der Waals surface area contributed by atoms with Crippen molar-refractivity contribution in [1.29, 1.82) is 0 Å². The molecule has 1 amide bonds. The molecule has 3 rings (SSSR count). The molecule has 6 nitrogen and oxygen atoms in total. The molecular weight excluding hydrogens is 352 g/mol. The van der Waals surface area contributed by atoms with Gasteiger partial charge in [0.05, 0.1) is 6.54 Å². The number of hydrogen-bond donors (Lipinski definition) is 1. The Morgan fingerprint density at radius 3 is 2.85 bits per heavy atom. The summed E-state index contributed by atoms with van der Waals surface area (Å²) < 4.78 is 5.29. The van der Waals surface area contributed by atoms with Crippen molar-refractivity contribution in [2.75, 3.05) is 20.1 Å². The van der Waals surface area contributed by atoms with Gasteiger partial charge in [0.25, 0.3) is 5.91 Å². The Balaban J connectivity index is 0.00000243. The molecule has 1 aliphatic rings. The number of hydrogen-bond acceptors (Lipinski definition) is 5. The second kappa shape index (κ2) is 9.14. The molecule has 1 aromatic heterocycles. The number of carbonyl (C=O) groups is 1. The largest absolute Gasteiger partial charge is 0.337 e. The quantitative estimate of drug-likeness (QED) is 0.836. The molecular formula is C19H27ClN4O2. The minimum absolute atomic E-state index is 0. The van der Waals surface area contributed by atoms with E-state index in [1.807, 2.05) is 18.2 Å². The molecule has 0 spiro atoms. The van der Waals surface area contributed by atoms with Gasteiger partial charge in [-0.05, 0) is 36.4 Å². The number of halogens is 1. The van der Waals surface area contributed by atoms with Crippen molar-refractivity contribution < 1.29 is 9.32 Å². The summed E-state index contributed by atoms with van der Waals surface area (Å²) in [7, 11) is 1.78. The van der Waals surface area contributed by atoms with E-state index >= 15 is 0 Å². The molecule has 1 N–H and O–H groups in total. The first-order valence-electron chi connectivity index (χ1n) is 8.91. The van der Waals surface area contributed by atoms with Crippen molar-refractivity contribution >= 4 is 18.3 Å². The molecule has 7 heteroatoms. The Bertz CT molecular complexity index is 726. The summed E-state index contributed by atoms with van der Waals surface area (Å²) in [5.41, 5.74) is 1.89. The topological polar surface area (TPSA) is 71.3 Å². The number of nitrogens with one attached hydrogen (secondary N) is 1. The van der Waals surface area contributed by atoms with Crippen molar-refractivity contribution in [3.63, 3.8) is 0 Å². The lowest BCUT2D eigenvalue weighted by molar-refractivity contribution is 0.0768. The van der Waals surface area contributed by atoms with Crippen LogP contribution >= 0.6 is 12.4 Å². The van der Waals surface area contributed by atoms with Gasteiger partial charge in [-0.25, -0.2) is 0 Å². The van der Waals surface area contributed by atoms with Crippen LogP contribution in [0.3, 0.4) is 0 Å². The Kier molecular flexibility index (Phi) is 7.17. The smallest absolute Gasteiger partial charge is 0.254 e. The maximum absolute atomic E-state index is 12.9. The molecule has 0 bridgehead atoms. The predicted molar refractivity (Wildman–Crippen MR) is 103 cm³/mol. The number of rotatable bonds is 6. The first-order chi connectivity index (χ1) is 12.0. The number of amides is 1. The predicted octanol–water partition coefficient (Wildman–Crippen LogP) is 3.04. The molecule has 2 aromatic rings. The van der Waals surface area contributed by atoms with Crippen LogP contribution in [0.2, 0.25) is 0 Å². The van der Waals surface area contributed by atoms with Crippen molar-refractivity contribution in [3.05, 3.63) is 47.1 Å². The van der Waals surface area contributed by atoms with Crippen LogP contribution in [0, 0.1) is 5.92 Å². The van der Waals surface area contributed by atoms with E-state index in [2.05, 4.69) is 35.4 Å². The van der Waals surface area contributed by atoms with Gasteiger partial charge in [-0.1, -0.05) is 37.2 Å². The third kappa shape index (κ3) is 4.83. The highest BCUT2D eigenvalue weighted by Crippen LogP contribution is 2.26. The molecule has 1 saturated heterocycles. The Morgan fingerprint density at radius 1 is 1.38 bits per heavy atom. The molecule has 1 aromatic carbocycles. The third-order valence-corrected chi connectivity index (χ3v) is 4.51. The number of benzene rings is 1. The number of aromatic nitrogens is 2. The van der Waals surface area contributed by atoms with Crippen molar-refractivity contribution in [3.8, 4) is 0 Å². The highest BCUT2D eigenvalue weighted by atomic mass is 35.5. The lowest BCUT2D eigenvalue weighted by Crippen LogP contribution is -2.28. The fourth-order valence-electron chi connectivity index (χ4n) is 3.25. The van der Waals surface area contributed by atoms with E-state index in [9.17, 15) is 4.79 Å². The zero-order valence-electron chi connectivity index (χ0n) is 15.6. The van der Waals surface area contributed by atoms with Gasteiger partial charge >= 0.3 is 0 Å². The summed E-state index contributed by atoms with van der Waals surface area (Å²) in [4.78, 5) is 19.0. The van der Waals surface area contributed by atoms with Crippen LogP contribution in [-0.4, -0.2) is 41.1 Å². The maximum atomic E-state index is 12.9. The molecule has 1 aliphatic heterocycles. The van der Waals surface area contributed by atoms with Gasteiger partial charge in [-0.3, -0.25) is 4.79 Å². The van der Waals surface area contributed by atoms with E-state index < -0.39 is 0 Å². The first-order valence-corrected chi connectivity index (χ1v) is 8.91. The highest BCUT2D eigenvalue weighted by molar-refractivity contribution is 5.95. The van der Waals surface area contributed by atoms with Gasteiger partial charge in [0.1, 0.15) is 0 Å². The van der Waals surface area contributed by atoms with Crippen LogP contribution in [0.1, 0.15) is 53.8 Å². The SMILES string of the molecule is CC(C)Cc1noc(CN(C)C(=O)c2ccccc2C2CCNC2)n1.Cl. The van der Waals surface area contributed by atoms with Crippen LogP contribution < -0.4 is 5.32 Å². The monoisotopic (exact) mass is 378 g/mol. The first kappa shape index (κ1) is 20.4. The van der Waals surface area contributed by atoms with Crippen LogP contribution in [-0.2, 0) is 13.0 Å². The van der Waals surface area contributed by atoms with Crippen LogP contribution in [0.4, 0.5) is 0 Å². The van der Waals surface area contributed by atoms with Gasteiger partial charge in [0.2, 0.25) is 5.89 Å². The summed E-state index contributed by atoms with van der Waals surface area (Å²) in [6.45, 7) is 6.47. The molecule has 142 valence electrons. The standard InChI is InChI=1S/C19H26N4O2.ClH/c1-13(2)10-17-21-18(25-22-17)12-23(3)19(24)16-7-5-4-6-15(16)14-8-9-20-11-14;/h4-7,13-14,20H,8-12H2,1-3H3;1H. The van der Waals surface area contributed by atoms with Crippen molar-refractivity contribution in [2.24, 2.45) is 5.92 Å². The Hall–Kier alpha value is -1.92. The van der Waals surface area contributed by atoms with Gasteiger partial charge in [0, 0.05) is 25.6 Å². The zero-order chi connectivity index (χ0) is 17.8. The summed E-state index contributed by atoms with van der Waals surface area (Å²) in [6, 6.07) is 7.89. The van der Waals surface area contributed by atoms with Gasteiger partial charge < -0.3 is 14.7 Å². The molecule has 1 unspecified atom stereocenters. The molecule has 26 heavy (non-hydrogen) atoms. The average molecular weight is 379 g/mol. The summed E-state index contributed by atoms with van der Waals surface area (Å²) in [6.07, 6.45) is 1.84. The normalized spacial score (nSPS) is 16.5. The molecule has 0 aliphatic carbocycles.